The number of methoxy groups -OCH3 is 1. The predicted octanol–water partition coefficient (Wildman–Crippen LogP) is 2.25. The molecule has 1 saturated heterocycles. The fraction of sp³-hybridized carbons (Fsp3) is 0.450. The maximum atomic E-state index is 12.8. The first-order valence-electron chi connectivity index (χ1n) is 9.36. The van der Waals surface area contributed by atoms with Crippen molar-refractivity contribution in [3.63, 3.8) is 0 Å². The van der Waals surface area contributed by atoms with Gasteiger partial charge in [-0.15, -0.1) is 0 Å². The van der Waals surface area contributed by atoms with Gasteiger partial charge in [-0.25, -0.2) is 4.98 Å². The maximum absolute atomic E-state index is 12.8. The number of rotatable bonds is 3. The summed E-state index contributed by atoms with van der Waals surface area (Å²) in [5, 5.41) is 2.98. The molecule has 0 radical (unpaired) electrons. The van der Waals surface area contributed by atoms with Crippen LogP contribution in [0.3, 0.4) is 0 Å². The summed E-state index contributed by atoms with van der Waals surface area (Å²) < 4.78 is 6.97. The molecule has 3 heterocycles. The molecule has 0 spiro atoms. The third kappa shape index (κ3) is 3.41. The molecular formula is C20H24N4O3. The van der Waals surface area contributed by atoms with Crippen LogP contribution in [0.5, 0.6) is 5.75 Å². The average Bonchev–Trinajstić information content (AvgIpc) is 3.13. The fourth-order valence-electron chi connectivity index (χ4n) is 3.70. The summed E-state index contributed by atoms with van der Waals surface area (Å²) in [6.07, 6.45) is 3.74. The normalized spacial score (nSPS) is 20.1. The molecule has 1 N–H and O–H groups in total. The zero-order valence-electron chi connectivity index (χ0n) is 15.6. The SMILES string of the molecule is COc1ccc(C2Cn3cc(C(=O)N4CCC(C)CC4)nc3C(=O)N2)cc1. The number of hydrogen-bond acceptors (Lipinski definition) is 4. The highest BCUT2D eigenvalue weighted by molar-refractivity contribution is 5.96. The van der Waals surface area contributed by atoms with E-state index in [0.717, 1.165) is 37.2 Å². The number of carbonyl (C=O) groups is 2. The number of piperidine rings is 1. The summed E-state index contributed by atoms with van der Waals surface area (Å²) in [5.41, 5.74) is 1.34. The van der Waals surface area contributed by atoms with Gasteiger partial charge in [0.25, 0.3) is 11.8 Å². The zero-order chi connectivity index (χ0) is 19.0. The van der Waals surface area contributed by atoms with E-state index in [1.165, 1.54) is 0 Å². The van der Waals surface area contributed by atoms with Crippen molar-refractivity contribution >= 4 is 11.8 Å². The van der Waals surface area contributed by atoms with E-state index in [-0.39, 0.29) is 17.9 Å². The number of likely N-dealkylation sites (tertiary alicyclic amines) is 1. The standard InChI is InChI=1S/C20H24N4O3/c1-13-7-9-23(10-8-13)20(26)17-12-24-11-16(22-19(25)18(24)21-17)14-3-5-15(27-2)6-4-14/h3-6,12-13,16H,7-11H2,1-2H3,(H,22,25). The molecule has 1 unspecified atom stereocenters. The Bertz CT molecular complexity index is 851. The number of aromatic nitrogens is 2. The van der Waals surface area contributed by atoms with E-state index in [2.05, 4.69) is 17.2 Å². The molecule has 1 atom stereocenters. The van der Waals surface area contributed by atoms with Crippen LogP contribution in [0.1, 0.15) is 52.5 Å². The van der Waals surface area contributed by atoms with Crippen molar-refractivity contribution in [1.29, 1.82) is 0 Å². The van der Waals surface area contributed by atoms with E-state index >= 15 is 0 Å². The molecule has 1 aromatic carbocycles. The minimum atomic E-state index is -0.256. The lowest BCUT2D eigenvalue weighted by Gasteiger charge is -2.29. The summed E-state index contributed by atoms with van der Waals surface area (Å²) in [7, 11) is 1.62. The van der Waals surface area contributed by atoms with Crippen LogP contribution in [0.25, 0.3) is 0 Å². The summed E-state index contributed by atoms with van der Waals surface area (Å²) in [6, 6.07) is 7.46. The van der Waals surface area contributed by atoms with E-state index < -0.39 is 0 Å². The molecule has 4 rings (SSSR count). The number of hydrogen-bond donors (Lipinski definition) is 1. The van der Waals surface area contributed by atoms with Crippen molar-refractivity contribution in [2.75, 3.05) is 20.2 Å². The number of imidazole rings is 1. The maximum Gasteiger partial charge on any atom is 0.287 e. The Hall–Kier alpha value is -2.83. The molecule has 2 aromatic rings. The van der Waals surface area contributed by atoms with Crippen molar-refractivity contribution < 1.29 is 14.3 Å². The molecule has 1 fully saturated rings. The van der Waals surface area contributed by atoms with Crippen LogP contribution in [0, 0.1) is 5.92 Å². The van der Waals surface area contributed by atoms with Crippen molar-refractivity contribution in [3.8, 4) is 5.75 Å². The summed E-state index contributed by atoms with van der Waals surface area (Å²) in [5.74, 6) is 1.38. The number of carbonyl (C=O) groups excluding carboxylic acids is 2. The van der Waals surface area contributed by atoms with Gasteiger partial charge in [0.1, 0.15) is 11.4 Å². The van der Waals surface area contributed by atoms with Gasteiger partial charge in [-0.1, -0.05) is 19.1 Å². The third-order valence-corrected chi connectivity index (χ3v) is 5.47. The highest BCUT2D eigenvalue weighted by atomic mass is 16.5. The van der Waals surface area contributed by atoms with Gasteiger partial charge in [0.2, 0.25) is 0 Å². The van der Waals surface area contributed by atoms with Crippen LogP contribution in [-0.2, 0) is 6.54 Å². The molecule has 7 nitrogen and oxygen atoms in total. The highest BCUT2D eigenvalue weighted by Crippen LogP contribution is 2.24. The molecule has 1 aromatic heterocycles. The zero-order valence-corrected chi connectivity index (χ0v) is 15.6. The summed E-state index contributed by atoms with van der Waals surface area (Å²) >= 11 is 0. The minimum absolute atomic E-state index is 0.0856. The molecule has 2 aliphatic heterocycles. The number of ether oxygens (including phenoxy) is 1. The lowest BCUT2D eigenvalue weighted by Crippen LogP contribution is -2.38. The van der Waals surface area contributed by atoms with Gasteiger partial charge in [-0.05, 0) is 36.5 Å². The second kappa shape index (κ2) is 7.06. The molecule has 0 bridgehead atoms. The Balaban J connectivity index is 1.53. The quantitative estimate of drug-likeness (QED) is 0.902. The van der Waals surface area contributed by atoms with E-state index in [1.807, 2.05) is 29.2 Å². The largest absolute Gasteiger partial charge is 0.497 e. The van der Waals surface area contributed by atoms with E-state index in [1.54, 1.807) is 17.9 Å². The fourth-order valence-corrected chi connectivity index (χ4v) is 3.70. The van der Waals surface area contributed by atoms with Gasteiger partial charge >= 0.3 is 0 Å². The molecule has 27 heavy (non-hydrogen) atoms. The lowest BCUT2D eigenvalue weighted by atomic mass is 9.99. The summed E-state index contributed by atoms with van der Waals surface area (Å²) in [4.78, 5) is 31.4. The molecule has 142 valence electrons. The molecule has 0 saturated carbocycles. The molecule has 2 aliphatic rings. The Kier molecular flexibility index (Phi) is 4.59. The van der Waals surface area contributed by atoms with Crippen molar-refractivity contribution in [2.45, 2.75) is 32.4 Å². The first-order valence-corrected chi connectivity index (χ1v) is 9.36. The number of nitrogens with one attached hydrogen (secondary N) is 1. The molecular weight excluding hydrogens is 344 g/mol. The van der Waals surface area contributed by atoms with Gasteiger partial charge in [0.15, 0.2) is 5.82 Å². The van der Waals surface area contributed by atoms with Gasteiger partial charge < -0.3 is 19.5 Å². The minimum Gasteiger partial charge on any atom is -0.497 e. The van der Waals surface area contributed by atoms with Gasteiger partial charge in [0.05, 0.1) is 13.2 Å². The van der Waals surface area contributed by atoms with Crippen LogP contribution < -0.4 is 10.1 Å². The van der Waals surface area contributed by atoms with Crippen molar-refractivity contribution in [2.24, 2.45) is 5.92 Å². The molecule has 7 heteroatoms. The number of benzene rings is 1. The van der Waals surface area contributed by atoms with Gasteiger partial charge in [0, 0.05) is 25.8 Å². The van der Waals surface area contributed by atoms with Crippen molar-refractivity contribution in [1.82, 2.24) is 19.8 Å². The molecule has 2 amide bonds. The van der Waals surface area contributed by atoms with E-state index in [4.69, 9.17) is 4.74 Å². The monoisotopic (exact) mass is 368 g/mol. The van der Waals surface area contributed by atoms with Crippen LogP contribution in [-0.4, -0.2) is 46.5 Å². The Morgan fingerprint density at radius 2 is 1.93 bits per heavy atom. The van der Waals surface area contributed by atoms with Crippen LogP contribution in [0.4, 0.5) is 0 Å². The van der Waals surface area contributed by atoms with Crippen LogP contribution in [0.2, 0.25) is 0 Å². The second-order valence-corrected chi connectivity index (χ2v) is 7.38. The number of fused-ring (bicyclic) bond motifs is 1. The summed E-state index contributed by atoms with van der Waals surface area (Å²) in [6.45, 7) is 4.26. The van der Waals surface area contributed by atoms with Crippen molar-refractivity contribution in [3.05, 3.63) is 47.5 Å². The Morgan fingerprint density at radius 1 is 1.22 bits per heavy atom. The number of amides is 2. The first kappa shape index (κ1) is 17.6. The van der Waals surface area contributed by atoms with Gasteiger partial charge in [-0.3, -0.25) is 9.59 Å². The smallest absolute Gasteiger partial charge is 0.287 e. The molecule has 0 aliphatic carbocycles. The average molecular weight is 368 g/mol. The van der Waals surface area contributed by atoms with Crippen LogP contribution in [0.15, 0.2) is 30.5 Å². The van der Waals surface area contributed by atoms with E-state index in [9.17, 15) is 9.59 Å². The Labute approximate surface area is 158 Å². The number of nitrogens with zero attached hydrogens (tertiary/aromatic N) is 3. The first-order chi connectivity index (χ1) is 13.0. The van der Waals surface area contributed by atoms with Crippen LogP contribution >= 0.6 is 0 Å². The second-order valence-electron chi connectivity index (χ2n) is 7.38. The third-order valence-electron chi connectivity index (χ3n) is 5.47. The highest BCUT2D eigenvalue weighted by Gasteiger charge is 2.30. The Morgan fingerprint density at radius 3 is 2.59 bits per heavy atom. The topological polar surface area (TPSA) is 76.5 Å². The lowest BCUT2D eigenvalue weighted by molar-refractivity contribution is 0.0691. The predicted molar refractivity (Wildman–Crippen MR) is 99.7 cm³/mol. The van der Waals surface area contributed by atoms with Gasteiger partial charge in [-0.2, -0.15) is 0 Å². The van der Waals surface area contributed by atoms with E-state index in [0.29, 0.717) is 24.0 Å².